The van der Waals surface area contributed by atoms with Crippen molar-refractivity contribution in [3.8, 4) is 0 Å². The molecule has 2 rings (SSSR count). The highest BCUT2D eigenvalue weighted by Crippen LogP contribution is 2.05. The normalized spacial score (nSPS) is 10.6. The zero-order chi connectivity index (χ0) is 13.0. The third-order valence-electron chi connectivity index (χ3n) is 2.35. The molecule has 7 heteroatoms. The Hall–Kier alpha value is -2.15. The number of hydrogen-bond acceptors (Lipinski definition) is 5. The van der Waals surface area contributed by atoms with Crippen LogP contribution in [0.2, 0.25) is 0 Å². The third-order valence-corrected chi connectivity index (χ3v) is 2.35. The summed E-state index contributed by atoms with van der Waals surface area (Å²) in [4.78, 5) is 11.7. The molecule has 0 saturated carbocycles. The number of nitrogens with one attached hydrogen (secondary N) is 1. The van der Waals surface area contributed by atoms with E-state index in [4.69, 9.17) is 10.2 Å². The van der Waals surface area contributed by atoms with Crippen LogP contribution in [0.5, 0.6) is 0 Å². The van der Waals surface area contributed by atoms with Crippen LogP contribution in [-0.4, -0.2) is 27.4 Å². The molecule has 0 unspecified atom stereocenters. The van der Waals surface area contributed by atoms with Crippen molar-refractivity contribution < 1.29 is 9.21 Å². The molecule has 0 spiro atoms. The first-order chi connectivity index (χ1) is 8.69. The summed E-state index contributed by atoms with van der Waals surface area (Å²) in [6.07, 6.45) is 1.57. The Balaban J connectivity index is 1.90. The van der Waals surface area contributed by atoms with Crippen molar-refractivity contribution in [1.29, 1.82) is 0 Å². The lowest BCUT2D eigenvalue weighted by Gasteiger charge is -1.99. The van der Waals surface area contributed by atoms with Gasteiger partial charge in [0.25, 0.3) is 5.91 Å². The van der Waals surface area contributed by atoms with Gasteiger partial charge in [-0.25, -0.2) is 0 Å². The van der Waals surface area contributed by atoms with Gasteiger partial charge in [0.05, 0.1) is 19.3 Å². The first-order valence-corrected chi connectivity index (χ1v) is 5.63. The predicted molar refractivity (Wildman–Crippen MR) is 63.7 cm³/mol. The van der Waals surface area contributed by atoms with E-state index in [1.54, 1.807) is 6.20 Å². The minimum Gasteiger partial charge on any atom is -0.465 e. The molecule has 1 amide bonds. The summed E-state index contributed by atoms with van der Waals surface area (Å²) in [5.74, 6) is 1.23. The first kappa shape index (κ1) is 12.3. The first-order valence-electron chi connectivity index (χ1n) is 5.63. The second kappa shape index (κ2) is 5.46. The number of rotatable bonds is 5. The molecule has 0 aromatic carbocycles. The number of nitrogens with two attached hydrogens (primary N) is 1. The monoisotopic (exact) mass is 249 g/mol. The van der Waals surface area contributed by atoms with Gasteiger partial charge in [-0.15, -0.1) is 5.10 Å². The maximum Gasteiger partial charge on any atom is 0.273 e. The SMILES string of the molecule is Cc1ccc(CNC(=O)c2cn(CCN)nn2)o1. The molecule has 0 aliphatic carbocycles. The minimum atomic E-state index is -0.285. The molecule has 18 heavy (non-hydrogen) atoms. The zero-order valence-corrected chi connectivity index (χ0v) is 10.1. The van der Waals surface area contributed by atoms with E-state index in [2.05, 4.69) is 15.6 Å². The van der Waals surface area contributed by atoms with Gasteiger partial charge in [-0.1, -0.05) is 5.21 Å². The summed E-state index contributed by atoms with van der Waals surface area (Å²) >= 11 is 0. The Morgan fingerprint density at radius 3 is 3.06 bits per heavy atom. The smallest absolute Gasteiger partial charge is 0.273 e. The van der Waals surface area contributed by atoms with Gasteiger partial charge in [0, 0.05) is 6.54 Å². The minimum absolute atomic E-state index is 0.270. The second-order valence-corrected chi connectivity index (χ2v) is 3.85. The van der Waals surface area contributed by atoms with E-state index in [1.165, 1.54) is 4.68 Å². The van der Waals surface area contributed by atoms with Gasteiger partial charge in [-0.05, 0) is 19.1 Å². The number of aromatic nitrogens is 3. The van der Waals surface area contributed by atoms with E-state index in [1.807, 2.05) is 19.1 Å². The van der Waals surface area contributed by atoms with Gasteiger partial charge in [-0.2, -0.15) is 0 Å². The molecule has 2 heterocycles. The summed E-state index contributed by atoms with van der Waals surface area (Å²) in [6, 6.07) is 3.67. The van der Waals surface area contributed by atoms with Crippen molar-refractivity contribution in [3.63, 3.8) is 0 Å². The molecule has 0 fully saturated rings. The number of furan rings is 1. The summed E-state index contributed by atoms with van der Waals surface area (Å²) in [5, 5.41) is 10.3. The molecule has 3 N–H and O–H groups in total. The van der Waals surface area contributed by atoms with E-state index in [0.717, 1.165) is 5.76 Å². The van der Waals surface area contributed by atoms with Crippen molar-refractivity contribution in [2.24, 2.45) is 5.73 Å². The van der Waals surface area contributed by atoms with Gasteiger partial charge < -0.3 is 15.5 Å². The second-order valence-electron chi connectivity index (χ2n) is 3.85. The molecule has 2 aromatic rings. The molecule has 0 saturated heterocycles. The average Bonchev–Trinajstić information content (AvgIpc) is 2.96. The highest BCUT2D eigenvalue weighted by atomic mass is 16.3. The van der Waals surface area contributed by atoms with Gasteiger partial charge in [0.1, 0.15) is 11.5 Å². The van der Waals surface area contributed by atoms with Gasteiger partial charge in [-0.3, -0.25) is 9.48 Å². The fourth-order valence-corrected chi connectivity index (χ4v) is 1.48. The third kappa shape index (κ3) is 2.95. The van der Waals surface area contributed by atoms with Crippen LogP contribution in [0.3, 0.4) is 0 Å². The van der Waals surface area contributed by atoms with E-state index in [9.17, 15) is 4.79 Å². The summed E-state index contributed by atoms with van der Waals surface area (Å²) in [7, 11) is 0. The number of hydrogen-bond donors (Lipinski definition) is 2. The van der Waals surface area contributed by atoms with Crippen LogP contribution in [0.1, 0.15) is 22.0 Å². The number of carbonyl (C=O) groups is 1. The van der Waals surface area contributed by atoms with Crippen molar-refractivity contribution in [1.82, 2.24) is 20.3 Å². The number of aryl methyl sites for hydroxylation is 1. The molecular weight excluding hydrogens is 234 g/mol. The fraction of sp³-hybridized carbons (Fsp3) is 0.364. The van der Waals surface area contributed by atoms with Crippen LogP contribution in [0.15, 0.2) is 22.7 Å². The van der Waals surface area contributed by atoms with Crippen molar-refractivity contribution in [2.75, 3.05) is 6.54 Å². The summed E-state index contributed by atoms with van der Waals surface area (Å²) in [5.41, 5.74) is 5.65. The summed E-state index contributed by atoms with van der Waals surface area (Å²) in [6.45, 7) is 3.17. The Bertz CT molecular complexity index is 531. The van der Waals surface area contributed by atoms with Gasteiger partial charge in [0.15, 0.2) is 5.69 Å². The van der Waals surface area contributed by atoms with Crippen molar-refractivity contribution in [2.45, 2.75) is 20.0 Å². The predicted octanol–water partition coefficient (Wildman–Crippen LogP) is 0.0682. The van der Waals surface area contributed by atoms with Crippen molar-refractivity contribution in [3.05, 3.63) is 35.5 Å². The largest absolute Gasteiger partial charge is 0.465 e. The Kier molecular flexibility index (Phi) is 3.73. The van der Waals surface area contributed by atoms with Gasteiger partial charge >= 0.3 is 0 Å². The highest BCUT2D eigenvalue weighted by Gasteiger charge is 2.10. The number of amides is 1. The van der Waals surface area contributed by atoms with Crippen LogP contribution >= 0.6 is 0 Å². The Morgan fingerprint density at radius 1 is 1.56 bits per heavy atom. The average molecular weight is 249 g/mol. The molecule has 0 aliphatic heterocycles. The maximum absolute atomic E-state index is 11.7. The quantitative estimate of drug-likeness (QED) is 0.781. The Morgan fingerprint density at radius 2 is 2.39 bits per heavy atom. The van der Waals surface area contributed by atoms with Crippen LogP contribution in [0.25, 0.3) is 0 Å². The zero-order valence-electron chi connectivity index (χ0n) is 10.1. The van der Waals surface area contributed by atoms with Crippen LogP contribution < -0.4 is 11.1 Å². The molecule has 0 atom stereocenters. The Labute approximate surface area is 104 Å². The van der Waals surface area contributed by atoms with Crippen LogP contribution in [0, 0.1) is 6.92 Å². The van der Waals surface area contributed by atoms with Crippen LogP contribution in [0.4, 0.5) is 0 Å². The van der Waals surface area contributed by atoms with E-state index in [0.29, 0.717) is 25.4 Å². The maximum atomic E-state index is 11.7. The number of nitrogens with zero attached hydrogens (tertiary/aromatic N) is 3. The standard InChI is InChI=1S/C11H15N5O2/c1-8-2-3-9(18-8)6-13-11(17)10-7-16(5-4-12)15-14-10/h2-3,7H,4-6,12H2,1H3,(H,13,17). The molecule has 0 bridgehead atoms. The molecule has 7 nitrogen and oxygen atoms in total. The molecular formula is C11H15N5O2. The topological polar surface area (TPSA) is 99.0 Å². The molecule has 96 valence electrons. The van der Waals surface area contributed by atoms with Gasteiger partial charge in [0.2, 0.25) is 0 Å². The number of carbonyl (C=O) groups excluding carboxylic acids is 1. The lowest BCUT2D eigenvalue weighted by atomic mass is 10.4. The summed E-state index contributed by atoms with van der Waals surface area (Å²) < 4.78 is 6.87. The van der Waals surface area contributed by atoms with E-state index >= 15 is 0 Å². The molecule has 2 aromatic heterocycles. The van der Waals surface area contributed by atoms with Crippen LogP contribution in [-0.2, 0) is 13.1 Å². The lowest BCUT2D eigenvalue weighted by Crippen LogP contribution is -2.23. The van der Waals surface area contributed by atoms with Crippen molar-refractivity contribution >= 4 is 5.91 Å². The fourth-order valence-electron chi connectivity index (χ4n) is 1.48. The van der Waals surface area contributed by atoms with E-state index < -0.39 is 0 Å². The molecule has 0 aliphatic rings. The lowest BCUT2D eigenvalue weighted by molar-refractivity contribution is 0.0942. The molecule has 0 radical (unpaired) electrons. The highest BCUT2D eigenvalue weighted by molar-refractivity contribution is 5.91. The van der Waals surface area contributed by atoms with E-state index in [-0.39, 0.29) is 11.6 Å².